The van der Waals surface area contributed by atoms with Crippen molar-refractivity contribution in [3.8, 4) is 11.3 Å². The molecule has 0 bridgehead atoms. The number of rotatable bonds is 4. The molecule has 0 saturated heterocycles. The summed E-state index contributed by atoms with van der Waals surface area (Å²) < 4.78 is 2.10. The van der Waals surface area contributed by atoms with E-state index >= 15 is 0 Å². The molecule has 0 unspecified atom stereocenters. The number of hydrogen-bond acceptors (Lipinski definition) is 4. The minimum Gasteiger partial charge on any atom is -0.323 e. The average Bonchev–Trinajstić information content (AvgIpc) is 2.58. The van der Waals surface area contributed by atoms with Crippen LogP contribution in [0.4, 0.5) is 5.69 Å². The van der Waals surface area contributed by atoms with Gasteiger partial charge in [0.2, 0.25) is 5.91 Å². The molecule has 3 aromatic rings. The van der Waals surface area contributed by atoms with E-state index in [9.17, 15) is 9.59 Å². The lowest BCUT2D eigenvalue weighted by Crippen LogP contribution is -2.29. The molecular formula is C17H13BrN4O2. The second-order valence-electron chi connectivity index (χ2n) is 5.01. The van der Waals surface area contributed by atoms with Gasteiger partial charge in [-0.05, 0) is 30.3 Å². The molecule has 2 aromatic heterocycles. The Balaban J connectivity index is 1.80. The molecule has 24 heavy (non-hydrogen) atoms. The number of carbonyl (C=O) groups is 1. The summed E-state index contributed by atoms with van der Waals surface area (Å²) in [5, 5.41) is 6.94. The first kappa shape index (κ1) is 16.1. The van der Waals surface area contributed by atoms with Gasteiger partial charge in [0, 0.05) is 22.3 Å². The number of nitrogens with zero attached hydrogens (tertiary/aromatic N) is 3. The van der Waals surface area contributed by atoms with Crippen molar-refractivity contribution in [3.05, 3.63) is 75.8 Å². The van der Waals surface area contributed by atoms with Crippen LogP contribution < -0.4 is 10.9 Å². The highest BCUT2D eigenvalue weighted by molar-refractivity contribution is 9.10. The molecule has 2 heterocycles. The maximum atomic E-state index is 12.1. The van der Waals surface area contributed by atoms with E-state index in [1.807, 2.05) is 24.3 Å². The first-order chi connectivity index (χ1) is 11.6. The third-order valence-electron chi connectivity index (χ3n) is 3.25. The third kappa shape index (κ3) is 3.94. The molecule has 0 aliphatic rings. The number of nitrogens with one attached hydrogen (secondary N) is 1. The maximum absolute atomic E-state index is 12.1. The zero-order chi connectivity index (χ0) is 16.9. The lowest BCUT2D eigenvalue weighted by molar-refractivity contribution is -0.117. The zero-order valence-electron chi connectivity index (χ0n) is 12.5. The summed E-state index contributed by atoms with van der Waals surface area (Å²) in [5.74, 6) is -0.342. The van der Waals surface area contributed by atoms with Crippen LogP contribution >= 0.6 is 15.9 Å². The van der Waals surface area contributed by atoms with Gasteiger partial charge in [-0.25, -0.2) is 4.68 Å². The minimum absolute atomic E-state index is 0.169. The fourth-order valence-corrected chi connectivity index (χ4v) is 2.37. The normalized spacial score (nSPS) is 10.4. The van der Waals surface area contributed by atoms with Gasteiger partial charge >= 0.3 is 0 Å². The van der Waals surface area contributed by atoms with Gasteiger partial charge in [0.15, 0.2) is 0 Å². The van der Waals surface area contributed by atoms with Crippen LogP contribution in [0.3, 0.4) is 0 Å². The van der Waals surface area contributed by atoms with E-state index in [1.54, 1.807) is 24.4 Å². The summed E-state index contributed by atoms with van der Waals surface area (Å²) in [6, 6.07) is 14.0. The van der Waals surface area contributed by atoms with E-state index in [0.717, 1.165) is 14.7 Å². The number of amides is 1. The molecule has 3 rings (SSSR count). The lowest BCUT2D eigenvalue weighted by Gasteiger charge is -2.08. The number of carbonyl (C=O) groups excluding carboxylic acids is 1. The fourth-order valence-electron chi connectivity index (χ4n) is 2.11. The molecule has 120 valence electrons. The minimum atomic E-state index is -0.342. The molecule has 1 N–H and O–H groups in total. The SMILES string of the molecule is O=C(Cn1nc(-c2ccc(Br)cc2)ccc1=O)Nc1cccnc1. The second kappa shape index (κ2) is 7.18. The van der Waals surface area contributed by atoms with Crippen LogP contribution in [-0.2, 0) is 11.3 Å². The molecule has 0 saturated carbocycles. The predicted octanol–water partition coefficient (Wildman–Crippen LogP) is 2.71. The smallest absolute Gasteiger partial charge is 0.267 e. The molecular weight excluding hydrogens is 372 g/mol. The van der Waals surface area contributed by atoms with Crippen molar-refractivity contribution in [2.24, 2.45) is 0 Å². The summed E-state index contributed by atoms with van der Waals surface area (Å²) in [4.78, 5) is 27.9. The number of hydrogen-bond donors (Lipinski definition) is 1. The van der Waals surface area contributed by atoms with Gasteiger partial charge < -0.3 is 5.32 Å². The molecule has 0 aliphatic heterocycles. The summed E-state index contributed by atoms with van der Waals surface area (Å²) in [7, 11) is 0. The molecule has 6 nitrogen and oxygen atoms in total. The van der Waals surface area contributed by atoms with Crippen LogP contribution in [0, 0.1) is 0 Å². The summed E-state index contributed by atoms with van der Waals surface area (Å²) in [5.41, 5.74) is 1.72. The molecule has 0 radical (unpaired) electrons. The van der Waals surface area contributed by atoms with Crippen molar-refractivity contribution in [2.45, 2.75) is 6.54 Å². The Bertz CT molecular complexity index is 908. The van der Waals surface area contributed by atoms with Gasteiger partial charge in [0.05, 0.1) is 17.6 Å². The van der Waals surface area contributed by atoms with E-state index in [4.69, 9.17) is 0 Å². The molecule has 0 atom stereocenters. The van der Waals surface area contributed by atoms with Crippen molar-refractivity contribution in [2.75, 3.05) is 5.32 Å². The molecule has 0 fully saturated rings. The predicted molar refractivity (Wildman–Crippen MR) is 94.5 cm³/mol. The van der Waals surface area contributed by atoms with E-state index in [0.29, 0.717) is 11.4 Å². The Labute approximate surface area is 146 Å². The molecule has 1 aromatic carbocycles. The second-order valence-corrected chi connectivity index (χ2v) is 5.93. The van der Waals surface area contributed by atoms with Crippen molar-refractivity contribution in [1.29, 1.82) is 0 Å². The number of anilines is 1. The van der Waals surface area contributed by atoms with Crippen LogP contribution in [0.2, 0.25) is 0 Å². The molecule has 0 aliphatic carbocycles. The number of pyridine rings is 1. The Hall–Kier alpha value is -2.80. The Morgan fingerprint density at radius 1 is 1.12 bits per heavy atom. The highest BCUT2D eigenvalue weighted by Gasteiger charge is 2.08. The van der Waals surface area contributed by atoms with E-state index in [-0.39, 0.29) is 18.0 Å². The Kier molecular flexibility index (Phi) is 4.81. The monoisotopic (exact) mass is 384 g/mol. The van der Waals surface area contributed by atoms with Crippen LogP contribution in [0.15, 0.2) is 70.2 Å². The van der Waals surface area contributed by atoms with E-state index in [2.05, 4.69) is 31.3 Å². The van der Waals surface area contributed by atoms with Crippen molar-refractivity contribution < 1.29 is 4.79 Å². The topological polar surface area (TPSA) is 76.9 Å². The molecule has 0 spiro atoms. The van der Waals surface area contributed by atoms with Gasteiger partial charge in [-0.15, -0.1) is 0 Å². The van der Waals surface area contributed by atoms with E-state index in [1.165, 1.54) is 12.3 Å². The lowest BCUT2D eigenvalue weighted by atomic mass is 10.1. The largest absolute Gasteiger partial charge is 0.323 e. The van der Waals surface area contributed by atoms with Crippen molar-refractivity contribution in [1.82, 2.24) is 14.8 Å². The first-order valence-electron chi connectivity index (χ1n) is 7.16. The molecule has 1 amide bonds. The summed E-state index contributed by atoms with van der Waals surface area (Å²) in [6.07, 6.45) is 3.15. The quantitative estimate of drug-likeness (QED) is 0.749. The zero-order valence-corrected chi connectivity index (χ0v) is 14.1. The van der Waals surface area contributed by atoms with Crippen LogP contribution in [0.1, 0.15) is 0 Å². The Morgan fingerprint density at radius 2 is 1.92 bits per heavy atom. The third-order valence-corrected chi connectivity index (χ3v) is 3.77. The standard InChI is InChI=1S/C17H13BrN4O2/c18-13-5-3-12(4-6-13)15-7-8-17(24)22(21-15)11-16(23)20-14-2-1-9-19-10-14/h1-10H,11H2,(H,20,23). The number of halogens is 1. The highest BCUT2D eigenvalue weighted by atomic mass is 79.9. The summed E-state index contributed by atoms with van der Waals surface area (Å²) >= 11 is 3.37. The van der Waals surface area contributed by atoms with Crippen LogP contribution in [0.25, 0.3) is 11.3 Å². The van der Waals surface area contributed by atoms with Crippen molar-refractivity contribution in [3.63, 3.8) is 0 Å². The molecule has 7 heteroatoms. The van der Waals surface area contributed by atoms with Gasteiger partial charge in [0.1, 0.15) is 6.54 Å². The fraction of sp³-hybridized carbons (Fsp3) is 0.0588. The van der Waals surface area contributed by atoms with Crippen LogP contribution in [0.5, 0.6) is 0 Å². The summed E-state index contributed by atoms with van der Waals surface area (Å²) in [6.45, 7) is -0.169. The number of aromatic nitrogens is 3. The first-order valence-corrected chi connectivity index (χ1v) is 7.95. The van der Waals surface area contributed by atoms with Gasteiger partial charge in [-0.2, -0.15) is 5.10 Å². The Morgan fingerprint density at radius 3 is 2.62 bits per heavy atom. The van der Waals surface area contributed by atoms with E-state index < -0.39 is 0 Å². The maximum Gasteiger partial charge on any atom is 0.267 e. The van der Waals surface area contributed by atoms with Gasteiger partial charge in [-0.1, -0.05) is 28.1 Å². The average molecular weight is 385 g/mol. The van der Waals surface area contributed by atoms with Gasteiger partial charge in [0.25, 0.3) is 5.56 Å². The van der Waals surface area contributed by atoms with Crippen LogP contribution in [-0.4, -0.2) is 20.7 Å². The van der Waals surface area contributed by atoms with Crippen molar-refractivity contribution >= 4 is 27.5 Å². The highest BCUT2D eigenvalue weighted by Crippen LogP contribution is 2.18. The number of benzene rings is 1. The van der Waals surface area contributed by atoms with Gasteiger partial charge in [-0.3, -0.25) is 14.6 Å².